The van der Waals surface area contributed by atoms with Crippen molar-refractivity contribution in [3.05, 3.63) is 70.8 Å². The largest absolute Gasteiger partial charge is 0.508 e. The zero-order chi connectivity index (χ0) is 19.7. The van der Waals surface area contributed by atoms with E-state index in [4.69, 9.17) is 5.11 Å². The molecule has 0 spiro atoms. The first-order chi connectivity index (χ1) is 13.5. The number of aromatic hydroxyl groups is 2. The number of carboxylic acid groups (broad SMARTS) is 1. The Morgan fingerprint density at radius 2 is 1.79 bits per heavy atom. The highest BCUT2D eigenvalue weighted by Gasteiger charge is 2.42. The molecule has 2 aliphatic rings. The van der Waals surface area contributed by atoms with Crippen LogP contribution >= 0.6 is 0 Å². The maximum absolute atomic E-state index is 10.8. The molecule has 2 aromatic rings. The molecule has 0 aliphatic heterocycles. The lowest BCUT2D eigenvalue weighted by molar-refractivity contribution is 0.195. The van der Waals surface area contributed by atoms with Gasteiger partial charge in [0.1, 0.15) is 11.5 Å². The fourth-order valence-corrected chi connectivity index (χ4v) is 4.52. The van der Waals surface area contributed by atoms with Gasteiger partial charge in [-0.2, -0.15) is 5.10 Å². The van der Waals surface area contributed by atoms with Gasteiger partial charge in [0.2, 0.25) is 0 Å². The van der Waals surface area contributed by atoms with E-state index in [0.717, 1.165) is 42.5 Å². The number of carbonyl (C=O) groups is 1. The molecule has 4 rings (SSSR count). The Hall–Kier alpha value is -3.28. The van der Waals surface area contributed by atoms with Gasteiger partial charge in [0.25, 0.3) is 0 Å². The fourth-order valence-electron chi connectivity index (χ4n) is 4.52. The van der Waals surface area contributed by atoms with Gasteiger partial charge in [-0.3, -0.25) is 0 Å². The second-order valence-electron chi connectivity index (χ2n) is 7.46. The lowest BCUT2D eigenvalue weighted by Gasteiger charge is -2.44. The molecule has 0 heterocycles. The number of amides is 1. The Bertz CT molecular complexity index is 979. The van der Waals surface area contributed by atoms with Crippen LogP contribution in [0.2, 0.25) is 0 Å². The standard InChI is InChI=1S/C22H22N2O4/c25-18-5-1-14(2-6-18)13-22-10-9-17(23-24-21(27)28)12-16(22)4-3-15-11-19(26)7-8-20(15)22/h1-2,5-8,11-12,24-26H,3-4,9-10,13H2,(H,27,28). The van der Waals surface area contributed by atoms with Crippen molar-refractivity contribution in [2.45, 2.75) is 37.5 Å². The van der Waals surface area contributed by atoms with Crippen molar-refractivity contribution in [3.63, 3.8) is 0 Å². The quantitative estimate of drug-likeness (QED) is 0.609. The monoisotopic (exact) mass is 378 g/mol. The topological polar surface area (TPSA) is 102 Å². The molecule has 0 aromatic heterocycles. The Kier molecular flexibility index (Phi) is 4.55. The zero-order valence-corrected chi connectivity index (χ0v) is 15.4. The van der Waals surface area contributed by atoms with Gasteiger partial charge in [-0.25, -0.2) is 10.2 Å². The van der Waals surface area contributed by atoms with Crippen LogP contribution in [0.25, 0.3) is 0 Å². The summed E-state index contributed by atoms with van der Waals surface area (Å²) in [7, 11) is 0. The summed E-state index contributed by atoms with van der Waals surface area (Å²) in [4.78, 5) is 10.8. The van der Waals surface area contributed by atoms with Gasteiger partial charge in [-0.05, 0) is 79.1 Å². The minimum atomic E-state index is -1.17. The van der Waals surface area contributed by atoms with Crippen LogP contribution in [-0.4, -0.2) is 27.1 Å². The minimum absolute atomic E-state index is 0.222. The molecule has 1 atom stereocenters. The molecular weight excluding hydrogens is 356 g/mol. The highest BCUT2D eigenvalue weighted by atomic mass is 16.4. The average molecular weight is 378 g/mol. The molecule has 1 unspecified atom stereocenters. The highest BCUT2D eigenvalue weighted by Crippen LogP contribution is 2.49. The maximum atomic E-state index is 10.8. The summed E-state index contributed by atoms with van der Waals surface area (Å²) >= 11 is 0. The molecular formula is C22H22N2O4. The summed E-state index contributed by atoms with van der Waals surface area (Å²) in [6, 6.07) is 12.9. The third-order valence-corrected chi connectivity index (χ3v) is 5.77. The van der Waals surface area contributed by atoms with Crippen molar-refractivity contribution in [3.8, 4) is 11.5 Å². The van der Waals surface area contributed by atoms with Crippen molar-refractivity contribution in [1.82, 2.24) is 5.43 Å². The molecule has 0 radical (unpaired) electrons. The van der Waals surface area contributed by atoms with Crippen molar-refractivity contribution < 1.29 is 20.1 Å². The molecule has 144 valence electrons. The third kappa shape index (κ3) is 3.33. The highest BCUT2D eigenvalue weighted by molar-refractivity contribution is 5.97. The first-order valence-electron chi connectivity index (χ1n) is 9.33. The van der Waals surface area contributed by atoms with E-state index in [-0.39, 0.29) is 16.9 Å². The smallest absolute Gasteiger partial charge is 0.425 e. The van der Waals surface area contributed by atoms with Crippen LogP contribution < -0.4 is 5.43 Å². The SMILES string of the molecule is O=C(O)NN=C1C=C2CCc3cc(O)ccc3C2(Cc2ccc(O)cc2)CC1. The summed E-state index contributed by atoms with van der Waals surface area (Å²) in [5.74, 6) is 0.512. The van der Waals surface area contributed by atoms with E-state index in [1.165, 1.54) is 11.1 Å². The number of rotatable bonds is 3. The number of nitrogens with one attached hydrogen (secondary N) is 1. The summed E-state index contributed by atoms with van der Waals surface area (Å²) in [5, 5.41) is 32.4. The summed E-state index contributed by atoms with van der Waals surface area (Å²) in [5.41, 5.74) is 7.33. The van der Waals surface area contributed by atoms with Gasteiger partial charge in [0.05, 0.1) is 5.71 Å². The number of hydrogen-bond acceptors (Lipinski definition) is 4. The molecule has 6 heteroatoms. The van der Waals surface area contributed by atoms with Crippen molar-refractivity contribution in [1.29, 1.82) is 0 Å². The van der Waals surface area contributed by atoms with Crippen molar-refractivity contribution in [2.24, 2.45) is 5.10 Å². The van der Waals surface area contributed by atoms with Crippen LogP contribution in [0.5, 0.6) is 11.5 Å². The van der Waals surface area contributed by atoms with Crippen LogP contribution in [0.1, 0.15) is 36.0 Å². The number of fused-ring (bicyclic) bond motifs is 3. The van der Waals surface area contributed by atoms with E-state index in [1.807, 2.05) is 30.3 Å². The van der Waals surface area contributed by atoms with Gasteiger partial charge in [0.15, 0.2) is 0 Å². The molecule has 0 fully saturated rings. The number of benzene rings is 2. The summed E-state index contributed by atoms with van der Waals surface area (Å²) in [6.07, 6.45) is 4.75. The molecule has 1 amide bonds. The molecule has 0 bridgehead atoms. The van der Waals surface area contributed by atoms with E-state index in [0.29, 0.717) is 6.42 Å². The Morgan fingerprint density at radius 1 is 1.04 bits per heavy atom. The Morgan fingerprint density at radius 3 is 2.54 bits per heavy atom. The Balaban J connectivity index is 1.79. The number of allylic oxidation sites excluding steroid dienone is 2. The lowest BCUT2D eigenvalue weighted by atomic mass is 9.59. The molecule has 6 nitrogen and oxygen atoms in total. The van der Waals surface area contributed by atoms with E-state index in [1.54, 1.807) is 18.2 Å². The molecule has 2 aliphatic carbocycles. The predicted molar refractivity (Wildman–Crippen MR) is 106 cm³/mol. The van der Waals surface area contributed by atoms with Crippen molar-refractivity contribution >= 4 is 11.8 Å². The predicted octanol–water partition coefficient (Wildman–Crippen LogP) is 3.87. The normalized spacial score (nSPS) is 22.1. The Labute approximate surface area is 162 Å². The van der Waals surface area contributed by atoms with Gasteiger partial charge < -0.3 is 15.3 Å². The second kappa shape index (κ2) is 7.03. The fraction of sp³-hybridized carbons (Fsp3) is 0.273. The number of phenolic OH excluding ortho intramolecular Hbond substituents is 2. The van der Waals surface area contributed by atoms with E-state index in [9.17, 15) is 15.0 Å². The number of hydrogen-bond donors (Lipinski definition) is 4. The number of hydrazone groups is 1. The van der Waals surface area contributed by atoms with Gasteiger partial charge >= 0.3 is 6.09 Å². The zero-order valence-electron chi connectivity index (χ0n) is 15.4. The van der Waals surface area contributed by atoms with E-state index in [2.05, 4.69) is 10.5 Å². The third-order valence-electron chi connectivity index (χ3n) is 5.77. The molecule has 2 aromatic carbocycles. The average Bonchev–Trinajstić information content (AvgIpc) is 2.68. The number of phenols is 2. The van der Waals surface area contributed by atoms with Crippen LogP contribution in [0.3, 0.4) is 0 Å². The van der Waals surface area contributed by atoms with Crippen molar-refractivity contribution in [2.75, 3.05) is 0 Å². The van der Waals surface area contributed by atoms with Gasteiger partial charge in [0, 0.05) is 5.41 Å². The van der Waals surface area contributed by atoms with E-state index < -0.39 is 6.09 Å². The van der Waals surface area contributed by atoms with Gasteiger partial charge in [-0.15, -0.1) is 0 Å². The first-order valence-corrected chi connectivity index (χ1v) is 9.33. The summed E-state index contributed by atoms with van der Waals surface area (Å²) < 4.78 is 0. The van der Waals surface area contributed by atoms with Crippen LogP contribution in [-0.2, 0) is 18.3 Å². The van der Waals surface area contributed by atoms with Crippen LogP contribution in [0, 0.1) is 0 Å². The second-order valence-corrected chi connectivity index (χ2v) is 7.46. The number of nitrogens with zero attached hydrogens (tertiary/aromatic N) is 1. The maximum Gasteiger partial charge on any atom is 0.425 e. The molecule has 0 saturated heterocycles. The lowest BCUT2D eigenvalue weighted by Crippen LogP contribution is -2.39. The molecule has 28 heavy (non-hydrogen) atoms. The summed E-state index contributed by atoms with van der Waals surface area (Å²) in [6.45, 7) is 0. The van der Waals surface area contributed by atoms with E-state index >= 15 is 0 Å². The molecule has 4 N–H and O–H groups in total. The molecule has 0 saturated carbocycles. The minimum Gasteiger partial charge on any atom is -0.508 e. The van der Waals surface area contributed by atoms with Crippen LogP contribution in [0.15, 0.2) is 59.2 Å². The first kappa shape index (κ1) is 18.1. The van der Waals surface area contributed by atoms with Gasteiger partial charge in [-0.1, -0.05) is 23.8 Å². The van der Waals surface area contributed by atoms with Crippen LogP contribution in [0.4, 0.5) is 4.79 Å². The number of aryl methyl sites for hydroxylation is 1.